The fourth-order valence-corrected chi connectivity index (χ4v) is 3.55. The molecule has 4 nitrogen and oxygen atoms in total. The lowest BCUT2D eigenvalue weighted by molar-refractivity contribution is 0.0694. The van der Waals surface area contributed by atoms with Gasteiger partial charge < -0.3 is 15.2 Å². The van der Waals surface area contributed by atoms with Crippen molar-refractivity contribution < 1.29 is 14.6 Å². The Bertz CT molecular complexity index is 789. The fourth-order valence-electron chi connectivity index (χ4n) is 3.55. The smallest absolute Gasteiger partial charge is 0.335 e. The van der Waals surface area contributed by atoms with Gasteiger partial charge in [-0.25, -0.2) is 4.79 Å². The van der Waals surface area contributed by atoms with Gasteiger partial charge in [-0.3, -0.25) is 0 Å². The molecule has 1 saturated heterocycles. The van der Waals surface area contributed by atoms with Crippen molar-refractivity contribution in [3.8, 4) is 5.75 Å². The van der Waals surface area contributed by atoms with Gasteiger partial charge >= 0.3 is 5.97 Å². The highest BCUT2D eigenvalue weighted by Crippen LogP contribution is 2.31. The van der Waals surface area contributed by atoms with Crippen LogP contribution in [0, 0.1) is 5.92 Å². The molecule has 1 unspecified atom stereocenters. The van der Waals surface area contributed by atoms with Crippen LogP contribution in [0.5, 0.6) is 5.75 Å². The normalized spacial score (nSPS) is 19.7. The number of allylic oxidation sites excluding steroid dienone is 5. The summed E-state index contributed by atoms with van der Waals surface area (Å²) in [5, 5.41) is 12.9. The lowest BCUT2D eigenvalue weighted by Gasteiger charge is -2.32. The van der Waals surface area contributed by atoms with Gasteiger partial charge in [0.25, 0.3) is 0 Å². The van der Waals surface area contributed by atoms with Crippen molar-refractivity contribution in [1.82, 2.24) is 5.32 Å². The second kappa shape index (κ2) is 10.1. The van der Waals surface area contributed by atoms with E-state index in [0.29, 0.717) is 22.8 Å². The van der Waals surface area contributed by atoms with E-state index in [1.807, 2.05) is 19.1 Å². The van der Waals surface area contributed by atoms with E-state index >= 15 is 0 Å². The SMILES string of the molecule is C=C/C=C(/C)C(=C)C(=C)c1cc(O[C@H]2CNCCC2CCC)cc(C(=O)O)c1. The molecule has 150 valence electrons. The minimum atomic E-state index is -0.990. The zero-order valence-electron chi connectivity index (χ0n) is 17.0. The predicted molar refractivity (Wildman–Crippen MR) is 116 cm³/mol. The molecule has 2 atom stereocenters. The molecule has 0 radical (unpaired) electrons. The van der Waals surface area contributed by atoms with Gasteiger partial charge in [-0.15, -0.1) is 0 Å². The van der Waals surface area contributed by atoms with Gasteiger partial charge in [0.2, 0.25) is 0 Å². The molecule has 2 N–H and O–H groups in total. The number of carboxylic acid groups (broad SMARTS) is 1. The number of rotatable bonds is 9. The Morgan fingerprint density at radius 2 is 2.04 bits per heavy atom. The van der Waals surface area contributed by atoms with Crippen LogP contribution >= 0.6 is 0 Å². The molecular formula is C24H31NO3. The third-order valence-corrected chi connectivity index (χ3v) is 5.22. The maximum atomic E-state index is 11.6. The third kappa shape index (κ3) is 5.46. The molecule has 1 heterocycles. The third-order valence-electron chi connectivity index (χ3n) is 5.22. The Morgan fingerprint density at radius 1 is 1.32 bits per heavy atom. The summed E-state index contributed by atoms with van der Waals surface area (Å²) in [6.45, 7) is 17.8. The Morgan fingerprint density at radius 3 is 2.68 bits per heavy atom. The largest absolute Gasteiger partial charge is 0.489 e. The molecule has 2 rings (SSSR count). The standard InChI is InChI=1S/C24H31NO3/c1-6-8-16(3)17(4)18(5)20-12-21(24(26)27)14-22(13-20)28-23-15-25-11-10-19(23)9-7-2/h6,8,12-14,19,23,25H,1,4-5,7,9-11,15H2,2-3H3,(H,26,27)/b16-8-/t19?,23-/m0/s1. The number of carbonyl (C=O) groups is 1. The van der Waals surface area contributed by atoms with E-state index in [9.17, 15) is 9.90 Å². The monoisotopic (exact) mass is 381 g/mol. The number of nitrogens with one attached hydrogen (secondary N) is 1. The minimum absolute atomic E-state index is 0.0319. The average Bonchev–Trinajstić information content (AvgIpc) is 2.68. The molecule has 0 spiro atoms. The molecule has 4 heteroatoms. The van der Waals surface area contributed by atoms with Crippen molar-refractivity contribution in [1.29, 1.82) is 0 Å². The van der Waals surface area contributed by atoms with Crippen molar-refractivity contribution in [2.45, 2.75) is 39.2 Å². The van der Waals surface area contributed by atoms with E-state index < -0.39 is 5.97 Å². The number of carboxylic acids is 1. The van der Waals surface area contributed by atoms with Crippen LogP contribution in [0.1, 0.15) is 49.0 Å². The number of piperidine rings is 1. The molecule has 0 aromatic heterocycles. The van der Waals surface area contributed by atoms with Crippen molar-refractivity contribution >= 4 is 11.5 Å². The topological polar surface area (TPSA) is 58.6 Å². The van der Waals surface area contributed by atoms with E-state index in [2.05, 4.69) is 32.0 Å². The molecule has 1 aliphatic heterocycles. The summed E-state index contributed by atoms with van der Waals surface area (Å²) in [4.78, 5) is 11.6. The van der Waals surface area contributed by atoms with Gasteiger partial charge in [0.15, 0.2) is 0 Å². The van der Waals surface area contributed by atoms with E-state index in [-0.39, 0.29) is 11.7 Å². The van der Waals surface area contributed by atoms with Crippen LogP contribution in [0.3, 0.4) is 0 Å². The summed E-state index contributed by atoms with van der Waals surface area (Å²) >= 11 is 0. The number of hydrogen-bond donors (Lipinski definition) is 2. The van der Waals surface area contributed by atoms with Crippen LogP contribution in [0.4, 0.5) is 0 Å². The summed E-state index contributed by atoms with van der Waals surface area (Å²) in [5.74, 6) is 0.0403. The summed E-state index contributed by atoms with van der Waals surface area (Å²) < 4.78 is 6.26. The van der Waals surface area contributed by atoms with Crippen molar-refractivity contribution in [2.75, 3.05) is 13.1 Å². The van der Waals surface area contributed by atoms with Crippen molar-refractivity contribution in [2.24, 2.45) is 5.92 Å². The van der Waals surface area contributed by atoms with Crippen molar-refractivity contribution in [3.63, 3.8) is 0 Å². The Hall–Kier alpha value is -2.59. The highest BCUT2D eigenvalue weighted by molar-refractivity contribution is 5.91. The molecule has 28 heavy (non-hydrogen) atoms. The molecule has 0 bridgehead atoms. The zero-order valence-corrected chi connectivity index (χ0v) is 17.0. The van der Waals surface area contributed by atoms with E-state index in [4.69, 9.17) is 4.74 Å². The first-order valence-electron chi connectivity index (χ1n) is 9.81. The van der Waals surface area contributed by atoms with E-state index in [1.54, 1.807) is 18.2 Å². The average molecular weight is 382 g/mol. The van der Waals surface area contributed by atoms with Crippen LogP contribution in [-0.4, -0.2) is 30.3 Å². The molecule has 0 amide bonds. The highest BCUT2D eigenvalue weighted by Gasteiger charge is 2.26. The van der Waals surface area contributed by atoms with Crippen LogP contribution in [0.15, 0.2) is 61.2 Å². The maximum absolute atomic E-state index is 11.6. The summed E-state index contributed by atoms with van der Waals surface area (Å²) in [6.07, 6.45) is 6.86. The molecular weight excluding hydrogens is 350 g/mol. The molecule has 1 fully saturated rings. The fraction of sp³-hybridized carbons (Fsp3) is 0.375. The van der Waals surface area contributed by atoms with Crippen molar-refractivity contribution in [3.05, 3.63) is 72.4 Å². The van der Waals surface area contributed by atoms with Crippen LogP contribution in [0.2, 0.25) is 0 Å². The van der Waals surface area contributed by atoms with Gasteiger partial charge in [0, 0.05) is 6.54 Å². The number of benzene rings is 1. The zero-order chi connectivity index (χ0) is 20.7. The maximum Gasteiger partial charge on any atom is 0.335 e. The lowest BCUT2D eigenvalue weighted by atomic mass is 9.90. The van der Waals surface area contributed by atoms with Gasteiger partial charge in [-0.2, -0.15) is 0 Å². The predicted octanol–water partition coefficient (Wildman–Crippen LogP) is 5.24. The Labute approximate surface area is 168 Å². The minimum Gasteiger partial charge on any atom is -0.489 e. The second-order valence-electron chi connectivity index (χ2n) is 7.29. The molecule has 0 saturated carbocycles. The first-order valence-corrected chi connectivity index (χ1v) is 9.81. The highest BCUT2D eigenvalue weighted by atomic mass is 16.5. The van der Waals surface area contributed by atoms with Gasteiger partial charge in [-0.05, 0) is 72.7 Å². The quantitative estimate of drug-likeness (QED) is 0.574. The Balaban J connectivity index is 2.33. The van der Waals surface area contributed by atoms with Gasteiger partial charge in [0.05, 0.1) is 5.56 Å². The second-order valence-corrected chi connectivity index (χ2v) is 7.29. The lowest BCUT2D eigenvalue weighted by Crippen LogP contribution is -2.44. The molecule has 1 aromatic carbocycles. The van der Waals surface area contributed by atoms with Crippen LogP contribution in [0.25, 0.3) is 5.57 Å². The number of hydrogen-bond acceptors (Lipinski definition) is 3. The summed E-state index contributed by atoms with van der Waals surface area (Å²) in [7, 11) is 0. The summed E-state index contributed by atoms with van der Waals surface area (Å²) in [6, 6.07) is 5.07. The van der Waals surface area contributed by atoms with Crippen LogP contribution in [-0.2, 0) is 0 Å². The first kappa shape index (κ1) is 21.7. The first-order chi connectivity index (χ1) is 13.4. The Kier molecular flexibility index (Phi) is 7.82. The number of ether oxygens (including phenoxy) is 1. The van der Waals surface area contributed by atoms with Crippen LogP contribution < -0.4 is 10.1 Å². The summed E-state index contributed by atoms with van der Waals surface area (Å²) in [5.41, 5.74) is 3.24. The van der Waals surface area contributed by atoms with E-state index in [0.717, 1.165) is 43.5 Å². The van der Waals surface area contributed by atoms with E-state index in [1.165, 1.54) is 0 Å². The van der Waals surface area contributed by atoms with Gasteiger partial charge in [-0.1, -0.05) is 45.2 Å². The molecule has 0 aliphatic carbocycles. The number of aromatic carboxylic acids is 1. The molecule has 1 aromatic rings. The molecule has 1 aliphatic rings. The van der Waals surface area contributed by atoms with Gasteiger partial charge in [0.1, 0.15) is 11.9 Å².